The molecule has 180 valence electrons. The highest BCUT2D eigenvalue weighted by Crippen LogP contribution is 2.32. The molecule has 2 aromatic rings. The summed E-state index contributed by atoms with van der Waals surface area (Å²) in [6.45, 7) is 7.01. The molecular weight excluding hydrogens is 533 g/mol. The van der Waals surface area contributed by atoms with Crippen molar-refractivity contribution in [2.45, 2.75) is 45.4 Å². The van der Waals surface area contributed by atoms with E-state index in [1.165, 1.54) is 5.56 Å². The number of aliphatic imine (C=N–C) groups is 1. The van der Waals surface area contributed by atoms with Crippen molar-refractivity contribution in [2.24, 2.45) is 4.99 Å². The maximum Gasteiger partial charge on any atom is 0.196 e. The van der Waals surface area contributed by atoms with E-state index in [4.69, 9.17) is 23.9 Å². The first-order valence-electron chi connectivity index (χ1n) is 11.5. The number of guanidine groups is 1. The molecule has 0 unspecified atom stereocenters. The SMILES string of the molecule is CCNC(=NCc1ccc(COC2CCOCC2)cc1)Nc1ccc2c(c1)OCCCO2.I. The van der Waals surface area contributed by atoms with E-state index < -0.39 is 0 Å². The molecule has 2 aliphatic rings. The number of hydrogen-bond donors (Lipinski definition) is 2. The Morgan fingerprint density at radius 3 is 2.45 bits per heavy atom. The molecule has 2 aromatic carbocycles. The van der Waals surface area contributed by atoms with Crippen LogP contribution in [0.2, 0.25) is 0 Å². The second-order valence-electron chi connectivity index (χ2n) is 7.97. The Balaban J connectivity index is 0.00000306. The van der Waals surface area contributed by atoms with Crippen LogP contribution in [0, 0.1) is 0 Å². The van der Waals surface area contributed by atoms with Crippen LogP contribution >= 0.6 is 24.0 Å². The van der Waals surface area contributed by atoms with Gasteiger partial charge in [-0.2, -0.15) is 0 Å². The summed E-state index contributed by atoms with van der Waals surface area (Å²) in [6, 6.07) is 14.3. The number of benzene rings is 2. The number of anilines is 1. The van der Waals surface area contributed by atoms with Crippen molar-refractivity contribution in [3.05, 3.63) is 53.6 Å². The van der Waals surface area contributed by atoms with Crippen molar-refractivity contribution in [3.63, 3.8) is 0 Å². The number of fused-ring (bicyclic) bond motifs is 1. The molecule has 2 aliphatic heterocycles. The van der Waals surface area contributed by atoms with Gasteiger partial charge in [-0.1, -0.05) is 24.3 Å². The summed E-state index contributed by atoms with van der Waals surface area (Å²) in [5.41, 5.74) is 3.24. The molecule has 0 amide bonds. The minimum Gasteiger partial charge on any atom is -0.490 e. The summed E-state index contributed by atoms with van der Waals surface area (Å²) in [6.07, 6.45) is 3.17. The van der Waals surface area contributed by atoms with Gasteiger partial charge in [0.05, 0.1) is 32.5 Å². The lowest BCUT2D eigenvalue weighted by molar-refractivity contribution is -0.0390. The zero-order valence-electron chi connectivity index (χ0n) is 19.2. The third-order valence-electron chi connectivity index (χ3n) is 5.45. The molecule has 7 nitrogen and oxygen atoms in total. The molecule has 0 bridgehead atoms. The molecule has 0 spiro atoms. The molecule has 8 heteroatoms. The lowest BCUT2D eigenvalue weighted by Crippen LogP contribution is -2.30. The molecule has 2 heterocycles. The van der Waals surface area contributed by atoms with Crippen LogP contribution in [0.3, 0.4) is 0 Å². The van der Waals surface area contributed by atoms with Crippen molar-refractivity contribution in [3.8, 4) is 11.5 Å². The van der Waals surface area contributed by atoms with E-state index in [1.807, 2.05) is 18.2 Å². The summed E-state index contributed by atoms with van der Waals surface area (Å²) >= 11 is 0. The van der Waals surface area contributed by atoms with Crippen LogP contribution in [0.15, 0.2) is 47.5 Å². The Hall–Kier alpha value is -2.04. The van der Waals surface area contributed by atoms with Gasteiger partial charge in [0.25, 0.3) is 0 Å². The second kappa shape index (κ2) is 13.6. The van der Waals surface area contributed by atoms with Gasteiger partial charge in [-0.3, -0.25) is 0 Å². The van der Waals surface area contributed by atoms with E-state index in [1.54, 1.807) is 0 Å². The molecule has 0 aromatic heterocycles. The highest BCUT2D eigenvalue weighted by molar-refractivity contribution is 14.0. The number of nitrogens with one attached hydrogen (secondary N) is 2. The maximum atomic E-state index is 6.01. The van der Waals surface area contributed by atoms with Gasteiger partial charge in [-0.05, 0) is 43.0 Å². The largest absolute Gasteiger partial charge is 0.490 e. The van der Waals surface area contributed by atoms with Gasteiger partial charge in [-0.25, -0.2) is 4.99 Å². The van der Waals surface area contributed by atoms with Crippen LogP contribution in [0.25, 0.3) is 0 Å². The van der Waals surface area contributed by atoms with E-state index in [0.717, 1.165) is 67.7 Å². The van der Waals surface area contributed by atoms with Gasteiger partial charge >= 0.3 is 0 Å². The van der Waals surface area contributed by atoms with Crippen molar-refractivity contribution < 1.29 is 18.9 Å². The lowest BCUT2D eigenvalue weighted by atomic mass is 10.1. The normalized spacial score (nSPS) is 16.5. The summed E-state index contributed by atoms with van der Waals surface area (Å²) in [5.74, 6) is 2.28. The van der Waals surface area contributed by atoms with Crippen molar-refractivity contribution in [1.82, 2.24) is 5.32 Å². The Labute approximate surface area is 213 Å². The number of hydrogen-bond acceptors (Lipinski definition) is 5. The molecule has 4 rings (SSSR count). The Morgan fingerprint density at radius 1 is 0.970 bits per heavy atom. The van der Waals surface area contributed by atoms with Gasteiger partial charge in [0.1, 0.15) is 0 Å². The summed E-state index contributed by atoms with van der Waals surface area (Å²) < 4.78 is 22.9. The predicted octanol–water partition coefficient (Wildman–Crippen LogP) is 4.74. The summed E-state index contributed by atoms with van der Waals surface area (Å²) in [4.78, 5) is 4.74. The molecule has 0 aliphatic carbocycles. The van der Waals surface area contributed by atoms with Crippen molar-refractivity contribution in [1.29, 1.82) is 0 Å². The van der Waals surface area contributed by atoms with Crippen LogP contribution < -0.4 is 20.1 Å². The molecule has 1 saturated heterocycles. The van der Waals surface area contributed by atoms with Crippen LogP contribution in [-0.4, -0.2) is 45.0 Å². The molecule has 0 radical (unpaired) electrons. The molecule has 33 heavy (non-hydrogen) atoms. The van der Waals surface area contributed by atoms with Gasteiger partial charge in [0.15, 0.2) is 17.5 Å². The van der Waals surface area contributed by atoms with E-state index in [2.05, 4.69) is 41.8 Å². The minimum atomic E-state index is 0. The standard InChI is InChI=1S/C25H33N3O4.HI/c1-2-26-25(28-21-8-9-23-24(16-21)31-13-3-12-30-23)27-17-19-4-6-20(7-5-19)18-32-22-10-14-29-15-11-22;/h4-9,16,22H,2-3,10-15,17-18H2,1H3,(H2,26,27,28);1H. The van der Waals surface area contributed by atoms with Crippen LogP contribution in [0.5, 0.6) is 11.5 Å². The fourth-order valence-electron chi connectivity index (χ4n) is 3.65. The average molecular weight is 567 g/mol. The number of halogens is 1. The predicted molar refractivity (Wildman–Crippen MR) is 141 cm³/mol. The maximum absolute atomic E-state index is 6.01. The topological polar surface area (TPSA) is 73.3 Å². The van der Waals surface area contributed by atoms with Gasteiger partial charge in [0, 0.05) is 37.9 Å². The van der Waals surface area contributed by atoms with E-state index >= 15 is 0 Å². The Bertz CT molecular complexity index is 886. The number of ether oxygens (including phenoxy) is 4. The number of nitrogens with zero attached hydrogens (tertiary/aromatic N) is 1. The molecule has 0 atom stereocenters. The highest BCUT2D eigenvalue weighted by atomic mass is 127. The van der Waals surface area contributed by atoms with Crippen LogP contribution in [0.4, 0.5) is 5.69 Å². The van der Waals surface area contributed by atoms with Gasteiger partial charge in [0.2, 0.25) is 0 Å². The first-order valence-corrected chi connectivity index (χ1v) is 11.5. The van der Waals surface area contributed by atoms with Crippen LogP contribution in [0.1, 0.15) is 37.3 Å². The quantitative estimate of drug-likeness (QED) is 0.286. The van der Waals surface area contributed by atoms with Crippen molar-refractivity contribution in [2.75, 3.05) is 38.3 Å². The molecule has 2 N–H and O–H groups in total. The third-order valence-corrected chi connectivity index (χ3v) is 5.45. The van der Waals surface area contributed by atoms with Gasteiger partial charge in [-0.15, -0.1) is 24.0 Å². The van der Waals surface area contributed by atoms with Gasteiger partial charge < -0.3 is 29.6 Å². The van der Waals surface area contributed by atoms with E-state index in [0.29, 0.717) is 32.5 Å². The molecule has 1 fully saturated rings. The lowest BCUT2D eigenvalue weighted by Gasteiger charge is -2.22. The summed E-state index contributed by atoms with van der Waals surface area (Å²) in [5, 5.41) is 6.66. The number of rotatable bonds is 7. The Morgan fingerprint density at radius 2 is 1.70 bits per heavy atom. The highest BCUT2D eigenvalue weighted by Gasteiger charge is 2.14. The first-order chi connectivity index (χ1) is 15.8. The molecule has 0 saturated carbocycles. The zero-order valence-corrected chi connectivity index (χ0v) is 21.5. The monoisotopic (exact) mass is 567 g/mol. The van der Waals surface area contributed by atoms with Crippen molar-refractivity contribution >= 4 is 35.6 Å². The third kappa shape index (κ3) is 8.04. The smallest absolute Gasteiger partial charge is 0.196 e. The first kappa shape index (κ1) is 25.6. The second-order valence-corrected chi connectivity index (χ2v) is 7.97. The average Bonchev–Trinajstić information content (AvgIpc) is 3.08. The Kier molecular flexibility index (Phi) is 10.6. The zero-order chi connectivity index (χ0) is 22.0. The van der Waals surface area contributed by atoms with E-state index in [-0.39, 0.29) is 24.0 Å². The fraction of sp³-hybridized carbons (Fsp3) is 0.480. The minimum absolute atomic E-state index is 0. The summed E-state index contributed by atoms with van der Waals surface area (Å²) in [7, 11) is 0. The van der Waals surface area contributed by atoms with Crippen LogP contribution in [-0.2, 0) is 22.6 Å². The molecular formula is C25H34IN3O4. The van der Waals surface area contributed by atoms with E-state index in [9.17, 15) is 0 Å². The fourth-order valence-corrected chi connectivity index (χ4v) is 3.65.